The van der Waals surface area contributed by atoms with E-state index in [4.69, 9.17) is 0 Å². The Morgan fingerprint density at radius 3 is 2.50 bits per heavy atom. The van der Waals surface area contributed by atoms with E-state index in [0.717, 1.165) is 18.7 Å². The van der Waals surface area contributed by atoms with Crippen LogP contribution in [0.2, 0.25) is 0 Å². The molecule has 20 heavy (non-hydrogen) atoms. The van der Waals surface area contributed by atoms with E-state index in [1.807, 2.05) is 11.6 Å². The summed E-state index contributed by atoms with van der Waals surface area (Å²) in [5.41, 5.74) is 1.46. The fraction of sp³-hybridized carbons (Fsp3) is 0.733. The van der Waals surface area contributed by atoms with E-state index < -0.39 is 0 Å². The lowest BCUT2D eigenvalue weighted by atomic mass is 10.0. The van der Waals surface area contributed by atoms with E-state index in [2.05, 4.69) is 38.1 Å². The van der Waals surface area contributed by atoms with Crippen LogP contribution in [0, 0.1) is 18.8 Å². The Morgan fingerprint density at radius 1 is 1.35 bits per heavy atom. The van der Waals surface area contributed by atoms with Crippen LogP contribution in [-0.4, -0.2) is 33.4 Å². The summed E-state index contributed by atoms with van der Waals surface area (Å²) in [6.07, 6.45) is 2.37. The summed E-state index contributed by atoms with van der Waals surface area (Å²) in [5.74, 6) is 0.755. The minimum Gasteiger partial charge on any atom is -0.394 e. The summed E-state index contributed by atoms with van der Waals surface area (Å²) < 4.78 is 1.86. The van der Waals surface area contributed by atoms with E-state index in [1.165, 1.54) is 0 Å². The zero-order chi connectivity index (χ0) is 15.3. The van der Waals surface area contributed by atoms with Gasteiger partial charge in [0.1, 0.15) is 0 Å². The van der Waals surface area contributed by atoms with Gasteiger partial charge in [-0.1, -0.05) is 27.7 Å². The molecule has 0 aliphatic heterocycles. The average molecular weight is 281 g/mol. The molecule has 1 aromatic heterocycles. The third-order valence-corrected chi connectivity index (χ3v) is 3.20. The fourth-order valence-corrected chi connectivity index (χ4v) is 2.21. The Labute approximate surface area is 121 Å². The monoisotopic (exact) mass is 281 g/mol. The van der Waals surface area contributed by atoms with E-state index in [1.54, 1.807) is 6.20 Å². The van der Waals surface area contributed by atoms with Crippen LogP contribution in [-0.2, 0) is 6.54 Å². The van der Waals surface area contributed by atoms with Gasteiger partial charge in [-0.15, -0.1) is 0 Å². The Bertz CT molecular complexity index is 438. The van der Waals surface area contributed by atoms with Crippen molar-refractivity contribution in [2.24, 2.45) is 11.8 Å². The SMILES string of the molecule is Cc1c(C(=O)NC(CO)CC(C)C)cnn1CC(C)C. The summed E-state index contributed by atoms with van der Waals surface area (Å²) >= 11 is 0. The number of nitrogens with zero attached hydrogens (tertiary/aromatic N) is 2. The van der Waals surface area contributed by atoms with Gasteiger partial charge in [-0.05, 0) is 25.2 Å². The van der Waals surface area contributed by atoms with Gasteiger partial charge in [0, 0.05) is 12.2 Å². The molecule has 0 aliphatic rings. The molecule has 114 valence electrons. The average Bonchev–Trinajstić information content (AvgIpc) is 2.69. The first-order valence-electron chi connectivity index (χ1n) is 7.29. The van der Waals surface area contributed by atoms with Crippen molar-refractivity contribution in [1.29, 1.82) is 0 Å². The first-order chi connectivity index (χ1) is 9.35. The molecule has 2 N–H and O–H groups in total. The van der Waals surface area contributed by atoms with E-state index >= 15 is 0 Å². The lowest BCUT2D eigenvalue weighted by Crippen LogP contribution is -2.38. The number of hydrogen-bond donors (Lipinski definition) is 2. The molecule has 5 heteroatoms. The highest BCUT2D eigenvalue weighted by atomic mass is 16.3. The Morgan fingerprint density at radius 2 is 2.00 bits per heavy atom. The quantitative estimate of drug-likeness (QED) is 0.803. The number of aliphatic hydroxyl groups is 1. The number of carbonyl (C=O) groups is 1. The molecule has 1 amide bonds. The minimum atomic E-state index is -0.199. The maximum absolute atomic E-state index is 12.2. The van der Waals surface area contributed by atoms with Crippen molar-refractivity contribution in [3.05, 3.63) is 17.5 Å². The fourth-order valence-electron chi connectivity index (χ4n) is 2.21. The second kappa shape index (κ2) is 7.43. The number of rotatable bonds is 7. The molecule has 0 saturated heterocycles. The van der Waals surface area contributed by atoms with Crippen LogP contribution < -0.4 is 5.32 Å². The number of aliphatic hydroxyl groups excluding tert-OH is 1. The van der Waals surface area contributed by atoms with Gasteiger partial charge in [-0.2, -0.15) is 5.10 Å². The third kappa shape index (κ3) is 4.63. The topological polar surface area (TPSA) is 67.2 Å². The number of nitrogens with one attached hydrogen (secondary N) is 1. The normalized spacial score (nSPS) is 13.0. The molecule has 5 nitrogen and oxygen atoms in total. The summed E-state index contributed by atoms with van der Waals surface area (Å²) in [4.78, 5) is 12.2. The van der Waals surface area contributed by atoms with Gasteiger partial charge < -0.3 is 10.4 Å². The predicted octanol–water partition coefficient (Wildman–Crippen LogP) is 1.98. The molecule has 0 aromatic carbocycles. The van der Waals surface area contributed by atoms with Crippen molar-refractivity contribution in [2.75, 3.05) is 6.61 Å². The second-order valence-electron chi connectivity index (χ2n) is 6.20. The number of aromatic nitrogens is 2. The van der Waals surface area contributed by atoms with Crippen LogP contribution in [0.4, 0.5) is 0 Å². The molecule has 1 heterocycles. The van der Waals surface area contributed by atoms with Crippen LogP contribution in [0.25, 0.3) is 0 Å². The van der Waals surface area contributed by atoms with Crippen molar-refractivity contribution in [3.63, 3.8) is 0 Å². The smallest absolute Gasteiger partial charge is 0.255 e. The highest BCUT2D eigenvalue weighted by Crippen LogP contribution is 2.11. The van der Waals surface area contributed by atoms with Crippen molar-refractivity contribution in [3.8, 4) is 0 Å². The molecule has 1 atom stereocenters. The molecule has 1 rings (SSSR count). The van der Waals surface area contributed by atoms with Crippen LogP contribution in [0.5, 0.6) is 0 Å². The van der Waals surface area contributed by atoms with Crippen molar-refractivity contribution >= 4 is 5.91 Å². The van der Waals surface area contributed by atoms with Gasteiger partial charge >= 0.3 is 0 Å². The lowest BCUT2D eigenvalue weighted by molar-refractivity contribution is 0.0907. The minimum absolute atomic E-state index is 0.0386. The lowest BCUT2D eigenvalue weighted by Gasteiger charge is -2.18. The molecule has 0 aliphatic carbocycles. The Kier molecular flexibility index (Phi) is 6.20. The van der Waals surface area contributed by atoms with Gasteiger partial charge in [-0.25, -0.2) is 0 Å². The van der Waals surface area contributed by atoms with Crippen molar-refractivity contribution in [1.82, 2.24) is 15.1 Å². The zero-order valence-corrected chi connectivity index (χ0v) is 13.2. The van der Waals surface area contributed by atoms with E-state index in [-0.39, 0.29) is 18.6 Å². The van der Waals surface area contributed by atoms with Crippen LogP contribution in [0.3, 0.4) is 0 Å². The largest absolute Gasteiger partial charge is 0.394 e. The summed E-state index contributed by atoms with van der Waals surface area (Å²) in [7, 11) is 0. The molecular weight excluding hydrogens is 254 g/mol. The van der Waals surface area contributed by atoms with Gasteiger partial charge in [0.2, 0.25) is 0 Å². The molecule has 0 saturated carbocycles. The summed E-state index contributed by atoms with van der Waals surface area (Å²) in [6, 6.07) is -0.199. The molecule has 0 fully saturated rings. The van der Waals surface area contributed by atoms with Gasteiger partial charge in [0.15, 0.2) is 0 Å². The van der Waals surface area contributed by atoms with Crippen LogP contribution in [0.15, 0.2) is 6.20 Å². The van der Waals surface area contributed by atoms with Gasteiger partial charge in [0.25, 0.3) is 5.91 Å². The first kappa shape index (κ1) is 16.7. The maximum atomic E-state index is 12.2. The van der Waals surface area contributed by atoms with E-state index in [9.17, 15) is 9.90 Å². The highest BCUT2D eigenvalue weighted by molar-refractivity contribution is 5.95. The molecule has 0 spiro atoms. The summed E-state index contributed by atoms with van der Waals surface area (Å²) in [5, 5.41) is 16.5. The third-order valence-electron chi connectivity index (χ3n) is 3.20. The standard InChI is InChI=1S/C15H27N3O2/c1-10(2)6-13(9-19)17-15(20)14-7-16-18(12(14)5)8-11(3)4/h7,10-11,13,19H,6,8-9H2,1-5H3,(H,17,20). The predicted molar refractivity (Wildman–Crippen MR) is 79.6 cm³/mol. The Hall–Kier alpha value is -1.36. The van der Waals surface area contributed by atoms with Gasteiger partial charge in [0.05, 0.1) is 24.4 Å². The number of carbonyl (C=O) groups excluding carboxylic acids is 1. The molecular formula is C15H27N3O2. The van der Waals surface area contributed by atoms with Crippen molar-refractivity contribution in [2.45, 2.75) is 53.6 Å². The molecule has 0 radical (unpaired) electrons. The van der Waals surface area contributed by atoms with E-state index in [0.29, 0.717) is 17.4 Å². The van der Waals surface area contributed by atoms with Gasteiger partial charge in [-0.3, -0.25) is 9.48 Å². The molecule has 1 unspecified atom stereocenters. The summed E-state index contributed by atoms with van der Waals surface area (Å²) in [6.45, 7) is 11.0. The molecule has 0 bridgehead atoms. The number of amides is 1. The van der Waals surface area contributed by atoms with Crippen LogP contribution >= 0.6 is 0 Å². The molecule has 1 aromatic rings. The maximum Gasteiger partial charge on any atom is 0.255 e. The van der Waals surface area contributed by atoms with Crippen LogP contribution in [0.1, 0.15) is 50.2 Å². The van der Waals surface area contributed by atoms with Crippen molar-refractivity contribution < 1.29 is 9.90 Å². The first-order valence-corrected chi connectivity index (χ1v) is 7.29. The Balaban J connectivity index is 2.74. The second-order valence-corrected chi connectivity index (χ2v) is 6.20. The number of hydrogen-bond acceptors (Lipinski definition) is 3. The zero-order valence-electron chi connectivity index (χ0n) is 13.2. The highest BCUT2D eigenvalue weighted by Gasteiger charge is 2.18.